The lowest BCUT2D eigenvalue weighted by atomic mass is 10.1. The number of likely N-dealkylation sites (tertiary alicyclic amines) is 1. The molecular formula is C21H23N3O2S. The van der Waals surface area contributed by atoms with E-state index in [2.05, 4.69) is 15.5 Å². The lowest BCUT2D eigenvalue weighted by Gasteiger charge is -2.30. The molecule has 2 aliphatic rings. The molecule has 0 aliphatic carbocycles. The van der Waals surface area contributed by atoms with Crippen molar-refractivity contribution < 1.29 is 9.59 Å². The fourth-order valence-corrected chi connectivity index (χ4v) is 4.71. The number of carbonyl (C=O) groups is 2. The van der Waals surface area contributed by atoms with Gasteiger partial charge in [-0.2, -0.15) is 0 Å². The molecule has 4 rings (SSSR count). The Balaban J connectivity index is 1.47. The molecule has 27 heavy (non-hydrogen) atoms. The van der Waals surface area contributed by atoms with Gasteiger partial charge in [0, 0.05) is 10.5 Å². The minimum atomic E-state index is -0.169. The number of hydrogen-bond acceptors (Lipinski definition) is 4. The summed E-state index contributed by atoms with van der Waals surface area (Å²) in [4.78, 5) is 28.4. The number of amides is 2. The molecule has 1 fully saturated rings. The van der Waals surface area contributed by atoms with Crippen LogP contribution in [0.15, 0.2) is 53.4 Å². The summed E-state index contributed by atoms with van der Waals surface area (Å²) < 4.78 is 0. The zero-order valence-corrected chi connectivity index (χ0v) is 16.1. The van der Waals surface area contributed by atoms with Crippen molar-refractivity contribution >= 4 is 29.3 Å². The zero-order chi connectivity index (χ0) is 18.8. The molecule has 0 saturated carbocycles. The highest BCUT2D eigenvalue weighted by Gasteiger charge is 2.33. The van der Waals surface area contributed by atoms with Crippen molar-refractivity contribution in [3.8, 4) is 0 Å². The van der Waals surface area contributed by atoms with Gasteiger partial charge in [0.1, 0.15) is 5.37 Å². The third kappa shape index (κ3) is 3.87. The predicted molar refractivity (Wildman–Crippen MR) is 108 cm³/mol. The smallest absolute Gasteiger partial charge is 0.252 e. The average molecular weight is 382 g/mol. The van der Waals surface area contributed by atoms with E-state index >= 15 is 0 Å². The summed E-state index contributed by atoms with van der Waals surface area (Å²) >= 11 is 1.58. The molecule has 2 N–H and O–H groups in total. The molecule has 5 nitrogen and oxygen atoms in total. The maximum atomic E-state index is 12.6. The van der Waals surface area contributed by atoms with Crippen LogP contribution in [0.5, 0.6) is 0 Å². The van der Waals surface area contributed by atoms with Crippen LogP contribution in [-0.4, -0.2) is 35.2 Å². The topological polar surface area (TPSA) is 61.4 Å². The molecule has 140 valence electrons. The van der Waals surface area contributed by atoms with E-state index in [0.717, 1.165) is 42.1 Å². The highest BCUT2D eigenvalue weighted by atomic mass is 32.2. The highest BCUT2D eigenvalue weighted by Crippen LogP contribution is 2.38. The molecule has 2 unspecified atom stereocenters. The number of rotatable bonds is 4. The fourth-order valence-electron chi connectivity index (χ4n) is 3.56. The van der Waals surface area contributed by atoms with Crippen LogP contribution in [0, 0.1) is 0 Å². The van der Waals surface area contributed by atoms with Gasteiger partial charge in [-0.3, -0.25) is 14.5 Å². The molecule has 6 heteroatoms. The lowest BCUT2D eigenvalue weighted by molar-refractivity contribution is -0.118. The van der Waals surface area contributed by atoms with Crippen LogP contribution in [0.3, 0.4) is 0 Å². The Labute approximate surface area is 163 Å². The molecule has 0 radical (unpaired) electrons. The molecule has 0 spiro atoms. The van der Waals surface area contributed by atoms with Crippen molar-refractivity contribution in [1.82, 2.24) is 10.2 Å². The van der Waals surface area contributed by atoms with Crippen LogP contribution < -0.4 is 10.6 Å². The second-order valence-corrected chi connectivity index (χ2v) is 8.14. The quantitative estimate of drug-likeness (QED) is 0.849. The van der Waals surface area contributed by atoms with Gasteiger partial charge in [-0.1, -0.05) is 42.1 Å². The van der Waals surface area contributed by atoms with Crippen molar-refractivity contribution in [3.05, 3.63) is 59.7 Å². The van der Waals surface area contributed by atoms with E-state index in [1.165, 1.54) is 0 Å². The van der Waals surface area contributed by atoms with E-state index < -0.39 is 0 Å². The van der Waals surface area contributed by atoms with E-state index in [-0.39, 0.29) is 23.2 Å². The van der Waals surface area contributed by atoms with Gasteiger partial charge in [0.2, 0.25) is 0 Å². The first kappa shape index (κ1) is 18.1. The van der Waals surface area contributed by atoms with Gasteiger partial charge >= 0.3 is 0 Å². The van der Waals surface area contributed by atoms with Crippen molar-refractivity contribution in [2.24, 2.45) is 0 Å². The van der Waals surface area contributed by atoms with Gasteiger partial charge in [-0.05, 0) is 56.6 Å². The largest absolute Gasteiger partial charge is 0.346 e. The number of anilines is 1. The monoisotopic (exact) mass is 381 g/mol. The third-order valence-electron chi connectivity index (χ3n) is 5.08. The molecule has 0 aromatic heterocycles. The van der Waals surface area contributed by atoms with Crippen LogP contribution in [0.2, 0.25) is 0 Å². The predicted octanol–water partition coefficient (Wildman–Crippen LogP) is 3.64. The number of nitrogens with zero attached hydrogens (tertiary/aromatic N) is 1. The van der Waals surface area contributed by atoms with Gasteiger partial charge in [0.25, 0.3) is 11.8 Å². The summed E-state index contributed by atoms with van der Waals surface area (Å²) in [5, 5.41) is 5.83. The van der Waals surface area contributed by atoms with Crippen molar-refractivity contribution in [2.45, 2.75) is 36.1 Å². The maximum absolute atomic E-state index is 12.6. The third-order valence-corrected chi connectivity index (χ3v) is 6.43. The summed E-state index contributed by atoms with van der Waals surface area (Å²) in [5.41, 5.74) is 2.33. The number of carbonyl (C=O) groups excluding carboxylic acids is 2. The SMILES string of the molecule is CC(NC(=O)c1ccc2c(c1)NC(=O)C(N1CCCC1)S2)c1ccccc1. The van der Waals surface area contributed by atoms with Crippen LogP contribution in [0.25, 0.3) is 0 Å². The standard InChI is InChI=1S/C21H23N3O2S/c1-14(15-7-3-2-4-8-15)22-19(25)16-9-10-18-17(13-16)23-20(26)21(27-18)24-11-5-6-12-24/h2-4,7-10,13-14,21H,5-6,11-12H2,1H3,(H,22,25)(H,23,26). The molecule has 0 bridgehead atoms. The number of thioether (sulfide) groups is 1. The summed E-state index contributed by atoms with van der Waals surface area (Å²) in [6, 6.07) is 15.3. The average Bonchev–Trinajstić information content (AvgIpc) is 3.22. The number of benzene rings is 2. The van der Waals surface area contributed by atoms with E-state index in [1.807, 2.05) is 49.4 Å². The first-order valence-corrected chi connectivity index (χ1v) is 10.2. The van der Waals surface area contributed by atoms with Gasteiger partial charge in [-0.25, -0.2) is 0 Å². The van der Waals surface area contributed by atoms with Crippen LogP contribution in [0.4, 0.5) is 5.69 Å². The van der Waals surface area contributed by atoms with E-state index in [4.69, 9.17) is 0 Å². The minimum absolute atomic E-state index is 0.00427. The van der Waals surface area contributed by atoms with Crippen LogP contribution in [0.1, 0.15) is 41.7 Å². The van der Waals surface area contributed by atoms with E-state index in [1.54, 1.807) is 17.8 Å². The molecule has 1 saturated heterocycles. The molecule has 2 aliphatic heterocycles. The highest BCUT2D eigenvalue weighted by molar-refractivity contribution is 8.00. The summed E-state index contributed by atoms with van der Waals surface area (Å²) in [5.74, 6) is -0.139. The Morgan fingerprint density at radius 2 is 1.93 bits per heavy atom. The lowest BCUT2D eigenvalue weighted by Crippen LogP contribution is -2.42. The summed E-state index contributed by atoms with van der Waals surface area (Å²) in [6.45, 7) is 3.90. The van der Waals surface area contributed by atoms with Gasteiger partial charge in [-0.15, -0.1) is 0 Å². The normalized spacial score (nSPS) is 20.6. The second kappa shape index (κ2) is 7.74. The molecule has 2 amide bonds. The number of nitrogens with one attached hydrogen (secondary N) is 2. The number of hydrogen-bond donors (Lipinski definition) is 2. The Hall–Kier alpha value is -2.31. The van der Waals surface area contributed by atoms with Crippen molar-refractivity contribution in [2.75, 3.05) is 18.4 Å². The molecule has 2 aromatic carbocycles. The van der Waals surface area contributed by atoms with Crippen LogP contribution in [-0.2, 0) is 4.79 Å². The summed E-state index contributed by atoms with van der Waals surface area (Å²) in [7, 11) is 0. The van der Waals surface area contributed by atoms with Crippen molar-refractivity contribution in [3.63, 3.8) is 0 Å². The van der Waals surface area contributed by atoms with Gasteiger partial charge in [0.15, 0.2) is 0 Å². The zero-order valence-electron chi connectivity index (χ0n) is 15.3. The first-order valence-electron chi connectivity index (χ1n) is 9.33. The van der Waals surface area contributed by atoms with E-state index in [0.29, 0.717) is 5.56 Å². The van der Waals surface area contributed by atoms with Gasteiger partial charge < -0.3 is 10.6 Å². The molecule has 2 aromatic rings. The fraction of sp³-hybridized carbons (Fsp3) is 0.333. The van der Waals surface area contributed by atoms with Crippen molar-refractivity contribution in [1.29, 1.82) is 0 Å². The summed E-state index contributed by atoms with van der Waals surface area (Å²) in [6.07, 6.45) is 2.30. The van der Waals surface area contributed by atoms with Gasteiger partial charge in [0.05, 0.1) is 11.7 Å². The minimum Gasteiger partial charge on any atom is -0.346 e. The number of fused-ring (bicyclic) bond motifs is 1. The maximum Gasteiger partial charge on any atom is 0.252 e. The second-order valence-electron chi connectivity index (χ2n) is 7.02. The molecular weight excluding hydrogens is 358 g/mol. The Morgan fingerprint density at radius 1 is 1.19 bits per heavy atom. The van der Waals surface area contributed by atoms with Crippen LogP contribution >= 0.6 is 11.8 Å². The Morgan fingerprint density at radius 3 is 2.67 bits per heavy atom. The van der Waals surface area contributed by atoms with E-state index in [9.17, 15) is 9.59 Å². The Kier molecular flexibility index (Phi) is 5.18. The molecule has 2 heterocycles. The molecule has 2 atom stereocenters. The Bertz CT molecular complexity index is 850. The first-order chi connectivity index (χ1) is 13.1.